The highest BCUT2D eigenvalue weighted by atomic mass is 16.3. The molecule has 0 saturated carbocycles. The summed E-state index contributed by atoms with van der Waals surface area (Å²) in [6, 6.07) is 6.90. The minimum Gasteiger partial charge on any atom is -0.508 e. The van der Waals surface area contributed by atoms with E-state index in [2.05, 4.69) is 26.1 Å². The Balaban J connectivity index is 2.56. The summed E-state index contributed by atoms with van der Waals surface area (Å²) in [7, 11) is 0. The quantitative estimate of drug-likeness (QED) is 0.845. The Morgan fingerprint density at radius 3 is 2.59 bits per heavy atom. The molecule has 0 fully saturated rings. The molecular formula is C14H21NO2. The number of carbonyl (C=O) groups excluding carboxylic acids is 1. The molecule has 1 rings (SSSR count). The van der Waals surface area contributed by atoms with Crippen molar-refractivity contribution in [1.82, 2.24) is 5.32 Å². The molecule has 1 aromatic carbocycles. The van der Waals surface area contributed by atoms with Gasteiger partial charge in [0.2, 0.25) is 5.91 Å². The summed E-state index contributed by atoms with van der Waals surface area (Å²) in [6.45, 7) is 8.27. The molecule has 1 amide bonds. The Kier molecular flexibility index (Phi) is 4.16. The van der Waals surface area contributed by atoms with E-state index >= 15 is 0 Å². The molecule has 1 unspecified atom stereocenters. The fourth-order valence-corrected chi connectivity index (χ4v) is 1.36. The molecule has 0 aliphatic carbocycles. The Morgan fingerprint density at radius 1 is 1.41 bits per heavy atom. The number of carbonyl (C=O) groups is 1. The fraction of sp³-hybridized carbons (Fsp3) is 0.500. The molecule has 0 radical (unpaired) electrons. The van der Waals surface area contributed by atoms with Gasteiger partial charge in [0.25, 0.3) is 0 Å². The molecule has 0 aliphatic heterocycles. The number of hydrogen-bond acceptors (Lipinski definition) is 2. The number of benzene rings is 1. The van der Waals surface area contributed by atoms with E-state index in [0.717, 1.165) is 5.56 Å². The zero-order chi connectivity index (χ0) is 13.1. The van der Waals surface area contributed by atoms with Crippen LogP contribution in [0, 0.1) is 5.41 Å². The maximum absolute atomic E-state index is 11.8. The predicted molar refractivity (Wildman–Crippen MR) is 68.9 cm³/mol. The monoisotopic (exact) mass is 235 g/mol. The van der Waals surface area contributed by atoms with Crippen LogP contribution in [0.3, 0.4) is 0 Å². The topological polar surface area (TPSA) is 49.3 Å². The Morgan fingerprint density at radius 2 is 2.06 bits per heavy atom. The minimum absolute atomic E-state index is 0.0157. The van der Waals surface area contributed by atoms with Crippen molar-refractivity contribution in [3.63, 3.8) is 0 Å². The van der Waals surface area contributed by atoms with Crippen molar-refractivity contribution in [3.05, 3.63) is 29.8 Å². The van der Waals surface area contributed by atoms with Gasteiger partial charge >= 0.3 is 0 Å². The molecule has 0 saturated heterocycles. The average molecular weight is 235 g/mol. The average Bonchev–Trinajstić information content (AvgIpc) is 2.15. The maximum Gasteiger partial charge on any atom is 0.224 e. The van der Waals surface area contributed by atoms with Crippen LogP contribution in [0.15, 0.2) is 24.3 Å². The molecule has 0 spiro atoms. The first-order valence-electron chi connectivity index (χ1n) is 5.86. The molecule has 94 valence electrons. The minimum atomic E-state index is -0.0157. The molecule has 17 heavy (non-hydrogen) atoms. The first-order valence-corrected chi connectivity index (χ1v) is 5.86. The van der Waals surface area contributed by atoms with Gasteiger partial charge in [-0.15, -0.1) is 0 Å². The molecule has 3 heteroatoms. The largest absolute Gasteiger partial charge is 0.508 e. The van der Waals surface area contributed by atoms with Crippen LogP contribution in [-0.2, 0) is 11.2 Å². The first-order chi connectivity index (χ1) is 7.79. The third kappa shape index (κ3) is 4.47. The van der Waals surface area contributed by atoms with Crippen LogP contribution in [0.1, 0.15) is 33.3 Å². The smallest absolute Gasteiger partial charge is 0.224 e. The zero-order valence-corrected chi connectivity index (χ0v) is 10.9. The molecule has 3 nitrogen and oxygen atoms in total. The summed E-state index contributed by atoms with van der Waals surface area (Å²) in [4.78, 5) is 11.8. The SMILES string of the molecule is CC(NC(=O)Cc1cccc(O)c1)C(C)(C)C. The van der Waals surface area contributed by atoms with Crippen LogP contribution >= 0.6 is 0 Å². The van der Waals surface area contributed by atoms with Crippen molar-refractivity contribution in [2.24, 2.45) is 5.41 Å². The van der Waals surface area contributed by atoms with Crippen molar-refractivity contribution in [3.8, 4) is 5.75 Å². The van der Waals surface area contributed by atoms with Crippen LogP contribution in [0.2, 0.25) is 0 Å². The Labute approximate surface area is 103 Å². The van der Waals surface area contributed by atoms with Gasteiger partial charge in [-0.05, 0) is 30.0 Å². The maximum atomic E-state index is 11.8. The molecule has 1 aromatic rings. The van der Waals surface area contributed by atoms with Gasteiger partial charge in [0.15, 0.2) is 0 Å². The van der Waals surface area contributed by atoms with Gasteiger partial charge < -0.3 is 10.4 Å². The fourth-order valence-electron chi connectivity index (χ4n) is 1.36. The van der Waals surface area contributed by atoms with Gasteiger partial charge in [-0.25, -0.2) is 0 Å². The summed E-state index contributed by atoms with van der Waals surface area (Å²) in [5.41, 5.74) is 0.873. The van der Waals surface area contributed by atoms with Gasteiger partial charge in [0.05, 0.1) is 6.42 Å². The molecule has 1 atom stereocenters. The molecular weight excluding hydrogens is 214 g/mol. The van der Waals surface area contributed by atoms with Crippen molar-refractivity contribution >= 4 is 5.91 Å². The predicted octanol–water partition coefficient (Wildman–Crippen LogP) is 2.49. The summed E-state index contributed by atoms with van der Waals surface area (Å²) in [5, 5.41) is 12.3. The summed E-state index contributed by atoms with van der Waals surface area (Å²) in [5.74, 6) is 0.178. The lowest BCUT2D eigenvalue weighted by molar-refractivity contribution is -0.121. The lowest BCUT2D eigenvalue weighted by Crippen LogP contribution is -2.42. The molecule has 0 bridgehead atoms. The highest BCUT2D eigenvalue weighted by Crippen LogP contribution is 2.18. The van der Waals surface area contributed by atoms with Gasteiger partial charge in [-0.1, -0.05) is 32.9 Å². The molecule has 0 aromatic heterocycles. The van der Waals surface area contributed by atoms with Crippen molar-refractivity contribution < 1.29 is 9.90 Å². The highest BCUT2D eigenvalue weighted by Gasteiger charge is 2.21. The normalized spacial score (nSPS) is 13.2. The Hall–Kier alpha value is -1.51. The van der Waals surface area contributed by atoms with Crippen LogP contribution in [0.25, 0.3) is 0 Å². The van der Waals surface area contributed by atoms with E-state index in [0.29, 0.717) is 6.42 Å². The third-order valence-electron chi connectivity index (χ3n) is 2.95. The Bertz CT molecular complexity index is 393. The van der Waals surface area contributed by atoms with Crippen molar-refractivity contribution in [1.29, 1.82) is 0 Å². The first kappa shape index (κ1) is 13.6. The van der Waals surface area contributed by atoms with Gasteiger partial charge in [0, 0.05) is 6.04 Å². The molecule has 0 aliphatic rings. The van der Waals surface area contributed by atoms with Crippen LogP contribution in [0.4, 0.5) is 0 Å². The van der Waals surface area contributed by atoms with Crippen LogP contribution in [-0.4, -0.2) is 17.1 Å². The van der Waals surface area contributed by atoms with Crippen molar-refractivity contribution in [2.75, 3.05) is 0 Å². The number of phenols is 1. The van der Waals surface area contributed by atoms with E-state index in [-0.39, 0.29) is 23.1 Å². The third-order valence-corrected chi connectivity index (χ3v) is 2.95. The number of aromatic hydroxyl groups is 1. The van der Waals surface area contributed by atoms with Crippen molar-refractivity contribution in [2.45, 2.75) is 40.2 Å². The van der Waals surface area contributed by atoms with Crippen LogP contribution < -0.4 is 5.32 Å². The van der Waals surface area contributed by atoms with Gasteiger partial charge in [-0.3, -0.25) is 4.79 Å². The lowest BCUT2D eigenvalue weighted by Gasteiger charge is -2.28. The lowest BCUT2D eigenvalue weighted by atomic mass is 9.88. The summed E-state index contributed by atoms with van der Waals surface area (Å²) < 4.78 is 0. The van der Waals surface area contributed by atoms with E-state index in [1.807, 2.05) is 13.0 Å². The molecule has 0 heterocycles. The summed E-state index contributed by atoms with van der Waals surface area (Å²) in [6.07, 6.45) is 0.300. The number of phenolic OH excluding ortho intramolecular Hbond substituents is 1. The number of nitrogens with one attached hydrogen (secondary N) is 1. The number of hydrogen-bond donors (Lipinski definition) is 2. The van der Waals surface area contributed by atoms with E-state index < -0.39 is 0 Å². The van der Waals surface area contributed by atoms with E-state index in [4.69, 9.17) is 0 Å². The van der Waals surface area contributed by atoms with E-state index in [1.165, 1.54) is 0 Å². The van der Waals surface area contributed by atoms with E-state index in [1.54, 1.807) is 18.2 Å². The second-order valence-corrected chi connectivity index (χ2v) is 5.50. The second kappa shape index (κ2) is 5.21. The number of rotatable bonds is 3. The highest BCUT2D eigenvalue weighted by molar-refractivity contribution is 5.79. The summed E-state index contributed by atoms with van der Waals surface area (Å²) >= 11 is 0. The van der Waals surface area contributed by atoms with Gasteiger partial charge in [0.1, 0.15) is 5.75 Å². The standard InChI is InChI=1S/C14H21NO2/c1-10(14(2,3)4)15-13(17)9-11-6-5-7-12(16)8-11/h5-8,10,16H,9H2,1-4H3,(H,15,17). The second-order valence-electron chi connectivity index (χ2n) is 5.50. The molecule has 2 N–H and O–H groups in total. The number of amides is 1. The van der Waals surface area contributed by atoms with E-state index in [9.17, 15) is 9.90 Å². The zero-order valence-electron chi connectivity index (χ0n) is 10.9. The van der Waals surface area contributed by atoms with Crippen LogP contribution in [0.5, 0.6) is 5.75 Å². The van der Waals surface area contributed by atoms with Gasteiger partial charge in [-0.2, -0.15) is 0 Å².